The minimum absolute atomic E-state index is 0.00749. The van der Waals surface area contributed by atoms with E-state index in [9.17, 15) is 20.1 Å². The summed E-state index contributed by atoms with van der Waals surface area (Å²) >= 11 is 0. The van der Waals surface area contributed by atoms with Crippen LogP contribution < -0.4 is 4.74 Å². The van der Waals surface area contributed by atoms with Gasteiger partial charge in [0.2, 0.25) is 0 Å². The summed E-state index contributed by atoms with van der Waals surface area (Å²) < 4.78 is 5.12. The van der Waals surface area contributed by atoms with Crippen LogP contribution in [0.25, 0.3) is 12.2 Å². The van der Waals surface area contributed by atoms with Gasteiger partial charge >= 0.3 is 0 Å². The number of ether oxygens (including phenoxy) is 1. The van der Waals surface area contributed by atoms with Crippen LogP contribution in [-0.2, 0) is 11.4 Å². The molecule has 140 valence electrons. The molecular formula is C22H22O5. The van der Waals surface area contributed by atoms with Crippen LogP contribution in [0.2, 0.25) is 0 Å². The highest BCUT2D eigenvalue weighted by Gasteiger charge is 2.20. The molecule has 5 nitrogen and oxygen atoms in total. The molecule has 0 saturated heterocycles. The molecular weight excluding hydrogens is 344 g/mol. The van der Waals surface area contributed by atoms with Crippen LogP contribution in [0.15, 0.2) is 47.5 Å². The third kappa shape index (κ3) is 4.20. The Morgan fingerprint density at radius 3 is 2.15 bits per heavy atom. The van der Waals surface area contributed by atoms with Crippen molar-refractivity contribution in [1.29, 1.82) is 0 Å². The molecule has 0 bridgehead atoms. The van der Waals surface area contributed by atoms with Gasteiger partial charge in [-0.2, -0.15) is 0 Å². The molecule has 1 aliphatic carbocycles. The first-order valence-electron chi connectivity index (χ1n) is 8.77. The highest BCUT2D eigenvalue weighted by Crippen LogP contribution is 2.31. The van der Waals surface area contributed by atoms with Gasteiger partial charge in [-0.25, -0.2) is 0 Å². The first-order chi connectivity index (χ1) is 13.0. The highest BCUT2D eigenvalue weighted by molar-refractivity contribution is 6.14. The number of ketones is 1. The number of hydrogen-bond donors (Lipinski definition) is 3. The fourth-order valence-electron chi connectivity index (χ4n) is 3.19. The number of hydrogen-bond acceptors (Lipinski definition) is 5. The van der Waals surface area contributed by atoms with Gasteiger partial charge in [-0.1, -0.05) is 12.1 Å². The van der Waals surface area contributed by atoms with Crippen molar-refractivity contribution in [2.45, 2.75) is 25.9 Å². The second-order valence-corrected chi connectivity index (χ2v) is 6.50. The number of aromatic hydroxyl groups is 2. The zero-order valence-corrected chi connectivity index (χ0v) is 15.1. The first kappa shape index (κ1) is 18.7. The van der Waals surface area contributed by atoms with Crippen molar-refractivity contribution in [3.05, 3.63) is 64.2 Å². The number of phenolic OH excluding ortho intramolecular Hbond substituents is 1. The minimum atomic E-state index is -0.259. The SMILES string of the molecule is COc1cc(C=C2CCCC(=Cc3ccc(O)c(CO)c3)C2=O)ccc1O. The molecule has 0 aliphatic heterocycles. The van der Waals surface area contributed by atoms with E-state index in [1.165, 1.54) is 13.2 Å². The molecule has 3 N–H and O–H groups in total. The zero-order chi connectivity index (χ0) is 19.4. The molecule has 0 spiro atoms. The Morgan fingerprint density at radius 2 is 1.56 bits per heavy atom. The Labute approximate surface area is 157 Å². The topological polar surface area (TPSA) is 87.0 Å². The van der Waals surface area contributed by atoms with Crippen molar-refractivity contribution in [2.75, 3.05) is 7.11 Å². The van der Waals surface area contributed by atoms with E-state index >= 15 is 0 Å². The maximum Gasteiger partial charge on any atom is 0.185 e. The van der Waals surface area contributed by atoms with Crippen molar-refractivity contribution in [1.82, 2.24) is 0 Å². The van der Waals surface area contributed by atoms with E-state index in [1.807, 2.05) is 12.2 Å². The first-order valence-corrected chi connectivity index (χ1v) is 8.77. The monoisotopic (exact) mass is 366 g/mol. The second kappa shape index (κ2) is 8.10. The number of allylic oxidation sites excluding steroid dienone is 2. The van der Waals surface area contributed by atoms with Crippen LogP contribution in [0.1, 0.15) is 36.0 Å². The predicted molar refractivity (Wildman–Crippen MR) is 104 cm³/mol. The summed E-state index contributed by atoms with van der Waals surface area (Å²) in [6.07, 6.45) is 5.88. The number of rotatable bonds is 4. The van der Waals surface area contributed by atoms with Gasteiger partial charge in [0.15, 0.2) is 17.3 Å². The molecule has 1 fully saturated rings. The van der Waals surface area contributed by atoms with Gasteiger partial charge < -0.3 is 20.1 Å². The molecule has 1 saturated carbocycles. The zero-order valence-electron chi connectivity index (χ0n) is 15.1. The quantitative estimate of drug-likeness (QED) is 0.716. The van der Waals surface area contributed by atoms with Gasteiger partial charge in [-0.3, -0.25) is 4.79 Å². The molecule has 5 heteroatoms. The maximum absolute atomic E-state index is 12.9. The van der Waals surface area contributed by atoms with E-state index < -0.39 is 0 Å². The maximum atomic E-state index is 12.9. The Balaban J connectivity index is 1.89. The van der Waals surface area contributed by atoms with Gasteiger partial charge in [0.25, 0.3) is 0 Å². The highest BCUT2D eigenvalue weighted by atomic mass is 16.5. The summed E-state index contributed by atoms with van der Waals surface area (Å²) in [6.45, 7) is -0.259. The van der Waals surface area contributed by atoms with Crippen molar-refractivity contribution in [3.8, 4) is 17.2 Å². The van der Waals surface area contributed by atoms with Gasteiger partial charge in [0, 0.05) is 16.7 Å². The van der Waals surface area contributed by atoms with E-state index in [1.54, 1.807) is 30.3 Å². The summed E-state index contributed by atoms with van der Waals surface area (Å²) in [4.78, 5) is 12.9. The summed E-state index contributed by atoms with van der Waals surface area (Å²) in [7, 11) is 1.48. The van der Waals surface area contributed by atoms with Crippen molar-refractivity contribution >= 4 is 17.9 Å². The van der Waals surface area contributed by atoms with E-state index in [4.69, 9.17) is 4.74 Å². The number of carbonyl (C=O) groups excluding carboxylic acids is 1. The molecule has 0 atom stereocenters. The van der Waals surface area contributed by atoms with Crippen LogP contribution in [0.5, 0.6) is 17.2 Å². The molecule has 3 rings (SSSR count). The summed E-state index contributed by atoms with van der Waals surface area (Å²) in [5.74, 6) is 0.453. The summed E-state index contributed by atoms with van der Waals surface area (Å²) in [5, 5.41) is 28.7. The number of carbonyl (C=O) groups is 1. The number of aliphatic hydroxyl groups is 1. The third-order valence-corrected chi connectivity index (χ3v) is 4.64. The molecule has 27 heavy (non-hydrogen) atoms. The molecule has 0 amide bonds. The average Bonchev–Trinajstić information content (AvgIpc) is 2.67. The van der Waals surface area contributed by atoms with Gasteiger partial charge in [0.05, 0.1) is 13.7 Å². The largest absolute Gasteiger partial charge is 0.508 e. The minimum Gasteiger partial charge on any atom is -0.508 e. The molecule has 2 aromatic rings. The fraction of sp³-hybridized carbons (Fsp3) is 0.227. The fourth-order valence-corrected chi connectivity index (χ4v) is 3.19. The van der Waals surface area contributed by atoms with Crippen LogP contribution in [-0.4, -0.2) is 28.2 Å². The third-order valence-electron chi connectivity index (χ3n) is 4.64. The van der Waals surface area contributed by atoms with E-state index in [0.717, 1.165) is 17.5 Å². The van der Waals surface area contributed by atoms with Crippen LogP contribution in [0.3, 0.4) is 0 Å². The molecule has 0 heterocycles. The summed E-state index contributed by atoms with van der Waals surface area (Å²) in [6, 6.07) is 9.90. The molecule has 0 radical (unpaired) electrons. The smallest absolute Gasteiger partial charge is 0.185 e. The molecule has 0 aromatic heterocycles. The number of Topliss-reactive ketones (excluding diaryl/α,β-unsaturated/α-hetero) is 1. The number of benzene rings is 2. The van der Waals surface area contributed by atoms with Crippen LogP contribution >= 0.6 is 0 Å². The second-order valence-electron chi connectivity index (χ2n) is 6.50. The Hall–Kier alpha value is -3.05. The average molecular weight is 366 g/mol. The molecule has 0 unspecified atom stereocenters. The lowest BCUT2D eigenvalue weighted by Crippen LogP contribution is -2.12. The van der Waals surface area contributed by atoms with Crippen molar-refractivity contribution < 1.29 is 24.9 Å². The Kier molecular flexibility index (Phi) is 5.62. The Bertz CT molecular complexity index is 851. The van der Waals surface area contributed by atoms with Crippen molar-refractivity contribution in [2.24, 2.45) is 0 Å². The van der Waals surface area contributed by atoms with Gasteiger partial charge in [-0.05, 0) is 66.8 Å². The van der Waals surface area contributed by atoms with E-state index in [0.29, 0.717) is 35.3 Å². The summed E-state index contributed by atoms with van der Waals surface area (Å²) in [5.41, 5.74) is 3.41. The van der Waals surface area contributed by atoms with E-state index in [2.05, 4.69) is 0 Å². The van der Waals surface area contributed by atoms with Gasteiger partial charge in [-0.15, -0.1) is 0 Å². The normalized spacial score (nSPS) is 17.5. The lowest BCUT2D eigenvalue weighted by atomic mass is 9.86. The number of aliphatic hydroxyl groups excluding tert-OH is 1. The number of phenols is 2. The lowest BCUT2D eigenvalue weighted by Gasteiger charge is -2.17. The van der Waals surface area contributed by atoms with Crippen LogP contribution in [0.4, 0.5) is 0 Å². The Morgan fingerprint density at radius 1 is 0.963 bits per heavy atom. The number of methoxy groups -OCH3 is 1. The lowest BCUT2D eigenvalue weighted by molar-refractivity contribution is -0.112. The standard InChI is InChI=1S/C22H22O5/c1-27-21-12-15(6-8-20(21)25)10-17-4-2-3-16(22(17)26)9-14-5-7-19(24)18(11-14)13-23/h5-12,23-25H,2-4,13H2,1H3. The van der Waals surface area contributed by atoms with Crippen LogP contribution in [0, 0.1) is 0 Å². The molecule has 1 aliphatic rings. The van der Waals surface area contributed by atoms with Gasteiger partial charge in [0.1, 0.15) is 5.75 Å². The van der Waals surface area contributed by atoms with Crippen molar-refractivity contribution in [3.63, 3.8) is 0 Å². The molecule has 2 aromatic carbocycles. The van der Waals surface area contributed by atoms with E-state index in [-0.39, 0.29) is 23.9 Å². The predicted octanol–water partition coefficient (Wildman–Crippen LogP) is 3.82.